The van der Waals surface area contributed by atoms with Crippen molar-refractivity contribution in [2.75, 3.05) is 11.5 Å². The molecule has 1 saturated carbocycles. The van der Waals surface area contributed by atoms with E-state index in [9.17, 15) is 0 Å². The Morgan fingerprint density at radius 2 is 2.08 bits per heavy atom. The number of rotatable bonds is 2. The maximum atomic E-state index is 6.09. The van der Waals surface area contributed by atoms with Gasteiger partial charge in [-0.15, -0.1) is 0 Å². The number of hydrogen-bond acceptors (Lipinski definition) is 2. The van der Waals surface area contributed by atoms with Gasteiger partial charge in [0.1, 0.15) is 0 Å². The van der Waals surface area contributed by atoms with Crippen LogP contribution < -0.4 is 5.73 Å². The zero-order valence-corrected chi connectivity index (χ0v) is 8.48. The highest BCUT2D eigenvalue weighted by atomic mass is 32.2. The monoisotopic (exact) mass is 185 g/mol. The van der Waals surface area contributed by atoms with Gasteiger partial charge in [-0.3, -0.25) is 0 Å². The number of thioether (sulfide) groups is 1. The molecule has 2 heteroatoms. The molecule has 2 fully saturated rings. The van der Waals surface area contributed by atoms with Crippen molar-refractivity contribution in [2.45, 2.75) is 38.1 Å². The standard InChI is InChI=1S/C10H19NS/c11-10-7-12-5-4-9(10)6-8-2-1-3-8/h8-10H,1-7,11H2. The topological polar surface area (TPSA) is 26.0 Å². The fourth-order valence-electron chi connectivity index (χ4n) is 2.25. The second-order valence-corrected chi connectivity index (χ2v) is 5.47. The van der Waals surface area contributed by atoms with E-state index in [-0.39, 0.29) is 0 Å². The average molecular weight is 185 g/mol. The van der Waals surface area contributed by atoms with Crippen LogP contribution in [-0.4, -0.2) is 17.5 Å². The van der Waals surface area contributed by atoms with E-state index in [4.69, 9.17) is 5.73 Å². The van der Waals surface area contributed by atoms with Crippen molar-refractivity contribution >= 4 is 11.8 Å². The van der Waals surface area contributed by atoms with Crippen molar-refractivity contribution in [2.24, 2.45) is 17.6 Å². The summed E-state index contributed by atoms with van der Waals surface area (Å²) >= 11 is 2.03. The predicted molar refractivity (Wildman–Crippen MR) is 55.4 cm³/mol. The third kappa shape index (κ3) is 1.97. The summed E-state index contributed by atoms with van der Waals surface area (Å²) in [6.07, 6.45) is 7.25. The van der Waals surface area contributed by atoms with Crippen LogP contribution in [0.5, 0.6) is 0 Å². The molecule has 2 rings (SSSR count). The summed E-state index contributed by atoms with van der Waals surface area (Å²) in [7, 11) is 0. The summed E-state index contributed by atoms with van der Waals surface area (Å²) in [4.78, 5) is 0. The Balaban J connectivity index is 1.76. The van der Waals surface area contributed by atoms with Crippen LogP contribution >= 0.6 is 11.8 Å². The lowest BCUT2D eigenvalue weighted by atomic mass is 9.76. The molecule has 0 radical (unpaired) electrons. The molecule has 2 atom stereocenters. The highest BCUT2D eigenvalue weighted by molar-refractivity contribution is 7.99. The molecule has 0 aromatic rings. The maximum Gasteiger partial charge on any atom is 0.0159 e. The van der Waals surface area contributed by atoms with Gasteiger partial charge in [0.25, 0.3) is 0 Å². The summed E-state index contributed by atoms with van der Waals surface area (Å²) in [5, 5.41) is 0. The zero-order valence-electron chi connectivity index (χ0n) is 7.67. The molecule has 2 unspecified atom stereocenters. The lowest BCUT2D eigenvalue weighted by molar-refractivity contribution is 0.229. The minimum Gasteiger partial charge on any atom is -0.327 e. The second kappa shape index (κ2) is 4.01. The maximum absolute atomic E-state index is 6.09. The Labute approximate surface area is 79.5 Å². The molecule has 1 aliphatic heterocycles. The van der Waals surface area contributed by atoms with Crippen LogP contribution in [0.2, 0.25) is 0 Å². The van der Waals surface area contributed by atoms with Crippen LogP contribution in [0.1, 0.15) is 32.1 Å². The Bertz CT molecular complexity index is 145. The van der Waals surface area contributed by atoms with Crippen LogP contribution in [-0.2, 0) is 0 Å². The average Bonchev–Trinajstić information content (AvgIpc) is 2.00. The second-order valence-electron chi connectivity index (χ2n) is 4.32. The third-order valence-corrected chi connectivity index (χ3v) is 4.55. The fourth-order valence-corrected chi connectivity index (χ4v) is 3.43. The van der Waals surface area contributed by atoms with Crippen molar-refractivity contribution in [1.29, 1.82) is 0 Å². The number of hydrogen-bond donors (Lipinski definition) is 1. The molecule has 2 N–H and O–H groups in total. The molecule has 12 heavy (non-hydrogen) atoms. The van der Waals surface area contributed by atoms with Gasteiger partial charge in [-0.25, -0.2) is 0 Å². The molecule has 0 aromatic carbocycles. The summed E-state index contributed by atoms with van der Waals surface area (Å²) in [6, 6.07) is 0.504. The van der Waals surface area contributed by atoms with Gasteiger partial charge in [0, 0.05) is 11.8 Å². The first kappa shape index (κ1) is 8.89. The zero-order chi connectivity index (χ0) is 8.39. The van der Waals surface area contributed by atoms with Gasteiger partial charge in [-0.2, -0.15) is 11.8 Å². The Morgan fingerprint density at radius 3 is 2.67 bits per heavy atom. The van der Waals surface area contributed by atoms with Crippen LogP contribution in [0.15, 0.2) is 0 Å². The van der Waals surface area contributed by atoms with Crippen molar-refractivity contribution < 1.29 is 0 Å². The van der Waals surface area contributed by atoms with E-state index in [2.05, 4.69) is 0 Å². The van der Waals surface area contributed by atoms with E-state index >= 15 is 0 Å². The molecule has 0 amide bonds. The van der Waals surface area contributed by atoms with E-state index in [0.717, 1.165) is 11.8 Å². The van der Waals surface area contributed by atoms with Crippen molar-refractivity contribution in [1.82, 2.24) is 0 Å². The Kier molecular flexibility index (Phi) is 2.97. The molecule has 1 heterocycles. The van der Waals surface area contributed by atoms with Gasteiger partial charge in [0.2, 0.25) is 0 Å². The van der Waals surface area contributed by atoms with E-state index < -0.39 is 0 Å². The largest absolute Gasteiger partial charge is 0.327 e. The summed E-state index contributed by atoms with van der Waals surface area (Å²) < 4.78 is 0. The Hall–Kier alpha value is 0.310. The summed E-state index contributed by atoms with van der Waals surface area (Å²) in [5.41, 5.74) is 6.09. The molecular weight excluding hydrogens is 166 g/mol. The van der Waals surface area contributed by atoms with Gasteiger partial charge in [-0.1, -0.05) is 19.3 Å². The van der Waals surface area contributed by atoms with E-state index in [0.29, 0.717) is 6.04 Å². The lowest BCUT2D eigenvalue weighted by Crippen LogP contribution is -2.37. The molecule has 0 bridgehead atoms. The Morgan fingerprint density at radius 1 is 1.25 bits per heavy atom. The van der Waals surface area contributed by atoms with Crippen molar-refractivity contribution in [3.8, 4) is 0 Å². The van der Waals surface area contributed by atoms with Crippen molar-refractivity contribution in [3.63, 3.8) is 0 Å². The fraction of sp³-hybridized carbons (Fsp3) is 1.00. The van der Waals surface area contributed by atoms with Crippen LogP contribution in [0.4, 0.5) is 0 Å². The highest BCUT2D eigenvalue weighted by Gasteiger charge is 2.27. The van der Waals surface area contributed by atoms with E-state index in [1.807, 2.05) is 11.8 Å². The normalized spacial score (nSPS) is 37.8. The molecule has 0 spiro atoms. The molecule has 1 aliphatic carbocycles. The summed E-state index contributed by atoms with van der Waals surface area (Å²) in [6.45, 7) is 0. The van der Waals surface area contributed by atoms with Crippen LogP contribution in [0, 0.1) is 11.8 Å². The molecular formula is C10H19NS. The van der Waals surface area contributed by atoms with E-state index in [1.54, 1.807) is 0 Å². The molecule has 1 saturated heterocycles. The lowest BCUT2D eigenvalue weighted by Gasteiger charge is -2.34. The SMILES string of the molecule is NC1CSCCC1CC1CCC1. The minimum atomic E-state index is 0.504. The first-order valence-corrected chi connectivity index (χ1v) is 6.35. The van der Waals surface area contributed by atoms with Gasteiger partial charge in [0.15, 0.2) is 0 Å². The molecule has 70 valence electrons. The minimum absolute atomic E-state index is 0.504. The molecule has 1 nitrogen and oxygen atoms in total. The first-order chi connectivity index (χ1) is 5.86. The predicted octanol–water partition coefficient (Wildman–Crippen LogP) is 2.26. The van der Waals surface area contributed by atoms with Crippen LogP contribution in [0.25, 0.3) is 0 Å². The third-order valence-electron chi connectivity index (χ3n) is 3.41. The summed E-state index contributed by atoms with van der Waals surface area (Å²) in [5.74, 6) is 4.46. The van der Waals surface area contributed by atoms with Gasteiger partial charge in [-0.05, 0) is 30.4 Å². The van der Waals surface area contributed by atoms with Gasteiger partial charge in [0.05, 0.1) is 0 Å². The first-order valence-electron chi connectivity index (χ1n) is 5.19. The quantitative estimate of drug-likeness (QED) is 0.714. The molecule has 2 aliphatic rings. The van der Waals surface area contributed by atoms with E-state index in [1.165, 1.54) is 43.6 Å². The van der Waals surface area contributed by atoms with Gasteiger partial charge >= 0.3 is 0 Å². The highest BCUT2D eigenvalue weighted by Crippen LogP contribution is 2.36. The smallest absolute Gasteiger partial charge is 0.0159 e. The van der Waals surface area contributed by atoms with Gasteiger partial charge < -0.3 is 5.73 Å². The van der Waals surface area contributed by atoms with Crippen LogP contribution in [0.3, 0.4) is 0 Å². The number of nitrogens with two attached hydrogens (primary N) is 1. The van der Waals surface area contributed by atoms with Crippen molar-refractivity contribution in [3.05, 3.63) is 0 Å². The molecule has 0 aromatic heterocycles.